The summed E-state index contributed by atoms with van der Waals surface area (Å²) in [6, 6.07) is 0. The Bertz CT molecular complexity index is 34.3. The molecule has 58 valence electrons. The van der Waals surface area contributed by atoms with E-state index in [2.05, 4.69) is 0 Å². The van der Waals surface area contributed by atoms with Crippen LogP contribution in [0.4, 0.5) is 0 Å². The molecule has 0 aliphatic heterocycles. The Morgan fingerprint density at radius 3 is 0.875 bits per heavy atom. The van der Waals surface area contributed by atoms with Crippen molar-refractivity contribution in [1.82, 2.24) is 24.6 Å². The highest BCUT2D eigenvalue weighted by Gasteiger charge is 1.62. The summed E-state index contributed by atoms with van der Waals surface area (Å²) in [5, 5.41) is 0. The van der Waals surface area contributed by atoms with Crippen molar-refractivity contribution in [2.75, 3.05) is 0 Å². The first-order valence-electron chi connectivity index (χ1n) is 0.532. The minimum Gasteiger partial charge on any atom is -0.344 e. The first kappa shape index (κ1) is 44.6. The summed E-state index contributed by atoms with van der Waals surface area (Å²) >= 11 is -2.61. The molecule has 0 unspecified atom stereocenters. The van der Waals surface area contributed by atoms with E-state index in [1.165, 1.54) is 0 Å². The molecule has 0 aromatic rings. The van der Waals surface area contributed by atoms with Gasteiger partial charge in [0.15, 0.2) is 0 Å². The third kappa shape index (κ3) is 17600. The standard InChI is InChI=1S/4H3N.H2O3S/c;;;;1-4(2)3/h4*1H3;(H2,1,2,3). The third-order valence-electron chi connectivity index (χ3n) is 0. The van der Waals surface area contributed by atoms with Gasteiger partial charge in [0.1, 0.15) is 0 Å². The first-order chi connectivity index (χ1) is 1.73. The van der Waals surface area contributed by atoms with Crippen molar-refractivity contribution < 1.29 is 13.3 Å². The second-order valence-corrected chi connectivity index (χ2v) is 0.692. The Hall–Kier alpha value is -0.0900. The van der Waals surface area contributed by atoms with E-state index in [-0.39, 0.29) is 24.6 Å². The molecule has 0 heterocycles. The van der Waals surface area contributed by atoms with Gasteiger partial charge in [-0.1, -0.05) is 0 Å². The molecule has 8 heteroatoms. The zero-order valence-electron chi connectivity index (χ0n) is 4.54. The summed E-state index contributed by atoms with van der Waals surface area (Å²) in [7, 11) is 0. The maximum absolute atomic E-state index is 8.67. The van der Waals surface area contributed by atoms with E-state index in [0.717, 1.165) is 0 Å². The lowest BCUT2D eigenvalue weighted by Gasteiger charge is -1.59. The van der Waals surface area contributed by atoms with Gasteiger partial charge in [0.2, 0.25) is 0 Å². The molecule has 0 aromatic heterocycles. The SMILES string of the molecule is N.N.N.N.O=S(O)O. The highest BCUT2D eigenvalue weighted by atomic mass is 32.2. The van der Waals surface area contributed by atoms with Gasteiger partial charge < -0.3 is 24.6 Å². The fourth-order valence-electron chi connectivity index (χ4n) is 0. The molecule has 0 aliphatic rings. The highest BCUT2D eigenvalue weighted by molar-refractivity contribution is 7.73. The van der Waals surface area contributed by atoms with E-state index >= 15 is 0 Å². The molecule has 0 saturated heterocycles. The van der Waals surface area contributed by atoms with Crippen molar-refractivity contribution in [2.45, 2.75) is 0 Å². The van der Waals surface area contributed by atoms with Gasteiger partial charge in [-0.2, -0.15) is 4.21 Å². The normalized spacial score (nSPS) is 4.38. The molecule has 14 N–H and O–H groups in total. The van der Waals surface area contributed by atoms with E-state index in [1.54, 1.807) is 0 Å². The molecule has 0 saturated carbocycles. The molecule has 0 bridgehead atoms. The number of hydrogen-bond acceptors (Lipinski definition) is 5. The topological polar surface area (TPSA) is 198 Å². The molecule has 0 atom stereocenters. The molecule has 0 radical (unpaired) electrons. The number of hydrogen-bond donors (Lipinski definition) is 6. The third-order valence-corrected chi connectivity index (χ3v) is 0. The van der Waals surface area contributed by atoms with Gasteiger partial charge in [0, 0.05) is 0 Å². The van der Waals surface area contributed by atoms with Gasteiger partial charge in [-0.3, -0.25) is 9.11 Å². The van der Waals surface area contributed by atoms with Crippen LogP contribution in [0, 0.1) is 0 Å². The average Bonchev–Trinajstić information content (AvgIpc) is 0.811. The zero-order valence-corrected chi connectivity index (χ0v) is 5.36. The van der Waals surface area contributed by atoms with Crippen molar-refractivity contribution in [1.29, 1.82) is 0 Å². The van der Waals surface area contributed by atoms with Gasteiger partial charge >= 0.3 is 0 Å². The molecule has 0 spiro atoms. The minimum atomic E-state index is -2.61. The molecular weight excluding hydrogens is 136 g/mol. The summed E-state index contributed by atoms with van der Waals surface area (Å²) in [6.45, 7) is 0. The summed E-state index contributed by atoms with van der Waals surface area (Å²) < 4.78 is 22.8. The largest absolute Gasteiger partial charge is 0.344 e. The molecule has 7 nitrogen and oxygen atoms in total. The fraction of sp³-hybridized carbons (Fsp3) is 0. The minimum absolute atomic E-state index is 0. The Kier molecular flexibility index (Phi) is 159. The molecule has 0 fully saturated rings. The lowest BCUT2D eigenvalue weighted by molar-refractivity contribution is 0.454. The van der Waals surface area contributed by atoms with Crippen LogP contribution in [0.3, 0.4) is 0 Å². The van der Waals surface area contributed by atoms with Gasteiger partial charge in [-0.25, -0.2) is 0 Å². The maximum atomic E-state index is 8.67. The molecule has 0 amide bonds. The van der Waals surface area contributed by atoms with Crippen LogP contribution in [-0.2, 0) is 11.4 Å². The molecule has 0 rings (SSSR count). The summed E-state index contributed by atoms with van der Waals surface area (Å²) in [6.07, 6.45) is 0. The van der Waals surface area contributed by atoms with E-state index < -0.39 is 11.4 Å². The Morgan fingerprint density at radius 2 is 0.875 bits per heavy atom. The van der Waals surface area contributed by atoms with Gasteiger partial charge in [0.05, 0.1) is 0 Å². The van der Waals surface area contributed by atoms with Crippen LogP contribution in [-0.4, -0.2) is 13.3 Å². The summed E-state index contributed by atoms with van der Waals surface area (Å²) in [4.78, 5) is 0. The molecule has 8 heavy (non-hydrogen) atoms. The maximum Gasteiger partial charge on any atom is 0.299 e. The second kappa shape index (κ2) is 28.5. The molecule has 0 aliphatic carbocycles. The van der Waals surface area contributed by atoms with Crippen LogP contribution in [0.15, 0.2) is 0 Å². The quantitative estimate of drug-likeness (QED) is 0.267. The van der Waals surface area contributed by atoms with Crippen LogP contribution in [0.5, 0.6) is 0 Å². The predicted octanol–water partition coefficient (Wildman–Crippen LogP) is 0.329. The first-order valence-corrected chi connectivity index (χ1v) is 1.60. The predicted molar refractivity (Wildman–Crippen MR) is 33.5 cm³/mol. The second-order valence-electron chi connectivity index (χ2n) is 0.231. The van der Waals surface area contributed by atoms with E-state index in [0.29, 0.717) is 0 Å². The Morgan fingerprint density at radius 1 is 0.875 bits per heavy atom. The van der Waals surface area contributed by atoms with Crippen molar-refractivity contribution in [3.8, 4) is 0 Å². The lowest BCUT2D eigenvalue weighted by atomic mass is 14.0. The van der Waals surface area contributed by atoms with Crippen molar-refractivity contribution >= 4 is 11.4 Å². The molecular formula is H14N4O3S. The Labute approximate surface area is 50.3 Å². The number of rotatable bonds is 0. The van der Waals surface area contributed by atoms with Gasteiger partial charge in [0.25, 0.3) is 11.4 Å². The van der Waals surface area contributed by atoms with Gasteiger partial charge in [-0.15, -0.1) is 0 Å². The van der Waals surface area contributed by atoms with E-state index in [9.17, 15) is 0 Å². The average molecular weight is 150 g/mol. The van der Waals surface area contributed by atoms with Crippen LogP contribution in [0.1, 0.15) is 0 Å². The van der Waals surface area contributed by atoms with E-state index in [4.69, 9.17) is 13.3 Å². The van der Waals surface area contributed by atoms with Crippen molar-refractivity contribution in [3.63, 3.8) is 0 Å². The van der Waals surface area contributed by atoms with Gasteiger partial charge in [-0.05, 0) is 0 Å². The van der Waals surface area contributed by atoms with Crippen molar-refractivity contribution in [3.05, 3.63) is 0 Å². The smallest absolute Gasteiger partial charge is 0.299 e. The summed E-state index contributed by atoms with van der Waals surface area (Å²) in [5.74, 6) is 0. The highest BCUT2D eigenvalue weighted by Crippen LogP contribution is 1.44. The van der Waals surface area contributed by atoms with Crippen LogP contribution >= 0.6 is 0 Å². The Balaban J connectivity index is -0.00000000750. The van der Waals surface area contributed by atoms with Crippen LogP contribution in [0.2, 0.25) is 0 Å². The van der Waals surface area contributed by atoms with Crippen molar-refractivity contribution in [2.24, 2.45) is 0 Å². The fourth-order valence-corrected chi connectivity index (χ4v) is 0. The molecule has 0 aromatic carbocycles. The monoisotopic (exact) mass is 150 g/mol. The summed E-state index contributed by atoms with van der Waals surface area (Å²) in [5.41, 5.74) is 0. The lowest BCUT2D eigenvalue weighted by Crippen LogP contribution is -1.74. The van der Waals surface area contributed by atoms with Crippen LogP contribution < -0.4 is 24.6 Å². The zero-order chi connectivity index (χ0) is 3.58. The van der Waals surface area contributed by atoms with E-state index in [1.807, 2.05) is 0 Å². The van der Waals surface area contributed by atoms with Crippen LogP contribution in [0.25, 0.3) is 0 Å².